The highest BCUT2D eigenvalue weighted by Crippen LogP contribution is 2.29. The third-order valence-electron chi connectivity index (χ3n) is 2.11. The largest absolute Gasteiger partial charge is 0.508 e. The van der Waals surface area contributed by atoms with Crippen LogP contribution in [0.4, 0.5) is 0 Å². The van der Waals surface area contributed by atoms with E-state index in [2.05, 4.69) is 22.6 Å². The lowest BCUT2D eigenvalue weighted by Gasteiger charge is -2.12. The Labute approximate surface area is 91.7 Å². The maximum Gasteiger partial charge on any atom is 0.120 e. The number of halogens is 1. The molecule has 13 heavy (non-hydrogen) atoms. The number of phenolic OH excluding ortho intramolecular Hbond substituents is 1. The van der Waals surface area contributed by atoms with E-state index in [0.29, 0.717) is 0 Å². The van der Waals surface area contributed by atoms with Crippen LogP contribution in [0.15, 0.2) is 12.1 Å². The predicted octanol–water partition coefficient (Wildman–Crippen LogP) is 2.40. The normalized spacial score (nSPS) is 12.9. The molecule has 1 aromatic carbocycles. The minimum Gasteiger partial charge on any atom is -0.508 e. The zero-order chi connectivity index (χ0) is 10.0. The molecule has 0 radical (unpaired) electrons. The van der Waals surface area contributed by atoms with Crippen molar-refractivity contribution in [2.24, 2.45) is 0 Å². The molecule has 3 heteroatoms. The zero-order valence-corrected chi connectivity index (χ0v) is 9.87. The van der Waals surface area contributed by atoms with E-state index in [9.17, 15) is 5.11 Å². The SMILES string of the molecule is Cc1cc(C(C)CO)c(O)cc1I. The van der Waals surface area contributed by atoms with Crippen molar-refractivity contribution in [3.05, 3.63) is 26.8 Å². The minimum atomic E-state index is -0.00398. The number of phenols is 1. The number of hydrogen-bond donors (Lipinski definition) is 2. The van der Waals surface area contributed by atoms with Gasteiger partial charge in [0.05, 0.1) is 0 Å². The van der Waals surface area contributed by atoms with Crippen molar-refractivity contribution in [1.29, 1.82) is 0 Å². The molecule has 1 atom stereocenters. The van der Waals surface area contributed by atoms with Crippen molar-refractivity contribution in [3.63, 3.8) is 0 Å². The van der Waals surface area contributed by atoms with Crippen LogP contribution < -0.4 is 0 Å². The van der Waals surface area contributed by atoms with E-state index in [1.807, 2.05) is 19.9 Å². The van der Waals surface area contributed by atoms with E-state index in [-0.39, 0.29) is 18.3 Å². The van der Waals surface area contributed by atoms with Crippen molar-refractivity contribution in [2.75, 3.05) is 6.61 Å². The Kier molecular flexibility index (Phi) is 3.55. The van der Waals surface area contributed by atoms with E-state index in [1.165, 1.54) is 0 Å². The van der Waals surface area contributed by atoms with Crippen LogP contribution in [-0.4, -0.2) is 16.8 Å². The average molecular weight is 292 g/mol. The van der Waals surface area contributed by atoms with E-state index >= 15 is 0 Å². The number of aryl methyl sites for hydroxylation is 1. The molecular weight excluding hydrogens is 279 g/mol. The van der Waals surface area contributed by atoms with Gasteiger partial charge < -0.3 is 10.2 Å². The van der Waals surface area contributed by atoms with Crippen molar-refractivity contribution >= 4 is 22.6 Å². The van der Waals surface area contributed by atoms with Gasteiger partial charge in [-0.05, 0) is 46.7 Å². The first-order valence-electron chi connectivity index (χ1n) is 4.16. The van der Waals surface area contributed by atoms with Crippen molar-refractivity contribution < 1.29 is 10.2 Å². The third-order valence-corrected chi connectivity index (χ3v) is 3.27. The molecule has 2 nitrogen and oxygen atoms in total. The molecule has 0 amide bonds. The standard InChI is InChI=1S/C10H13IO2/c1-6-3-8(7(2)5-12)10(13)4-9(6)11/h3-4,7,12-13H,5H2,1-2H3. The Morgan fingerprint density at radius 3 is 2.62 bits per heavy atom. The molecule has 72 valence electrons. The molecule has 1 rings (SSSR count). The van der Waals surface area contributed by atoms with Gasteiger partial charge in [0.1, 0.15) is 5.75 Å². The summed E-state index contributed by atoms with van der Waals surface area (Å²) in [5.74, 6) is 0.271. The molecule has 0 spiro atoms. The Morgan fingerprint density at radius 2 is 2.08 bits per heavy atom. The maximum absolute atomic E-state index is 9.60. The van der Waals surface area contributed by atoms with E-state index in [0.717, 1.165) is 14.7 Å². The van der Waals surface area contributed by atoms with Gasteiger partial charge in [0, 0.05) is 16.1 Å². The number of aliphatic hydroxyl groups is 1. The van der Waals surface area contributed by atoms with Crippen LogP contribution in [-0.2, 0) is 0 Å². The molecular formula is C10H13IO2. The van der Waals surface area contributed by atoms with E-state index < -0.39 is 0 Å². The van der Waals surface area contributed by atoms with Crippen LogP contribution in [0.25, 0.3) is 0 Å². The van der Waals surface area contributed by atoms with Gasteiger partial charge in [-0.2, -0.15) is 0 Å². The number of hydrogen-bond acceptors (Lipinski definition) is 2. The summed E-state index contributed by atoms with van der Waals surface area (Å²) < 4.78 is 1.05. The molecule has 0 saturated carbocycles. The summed E-state index contributed by atoms with van der Waals surface area (Å²) in [7, 11) is 0. The highest BCUT2D eigenvalue weighted by Gasteiger charge is 2.10. The summed E-state index contributed by atoms with van der Waals surface area (Å²) in [6.45, 7) is 3.95. The second-order valence-electron chi connectivity index (χ2n) is 3.24. The van der Waals surface area contributed by atoms with Gasteiger partial charge in [-0.25, -0.2) is 0 Å². The number of aromatic hydroxyl groups is 1. The van der Waals surface area contributed by atoms with Crippen LogP contribution in [0.2, 0.25) is 0 Å². The Morgan fingerprint density at radius 1 is 1.46 bits per heavy atom. The smallest absolute Gasteiger partial charge is 0.120 e. The van der Waals surface area contributed by atoms with E-state index in [4.69, 9.17) is 5.11 Å². The molecule has 1 aromatic rings. The molecule has 0 saturated heterocycles. The summed E-state index contributed by atoms with van der Waals surface area (Å²) >= 11 is 2.18. The number of rotatable bonds is 2. The topological polar surface area (TPSA) is 40.5 Å². The van der Waals surface area contributed by atoms with E-state index in [1.54, 1.807) is 6.07 Å². The molecule has 2 N–H and O–H groups in total. The first-order valence-corrected chi connectivity index (χ1v) is 5.24. The summed E-state index contributed by atoms with van der Waals surface area (Å²) in [6.07, 6.45) is 0. The lowest BCUT2D eigenvalue weighted by Crippen LogP contribution is -2.00. The Hall–Kier alpha value is -0.290. The zero-order valence-electron chi connectivity index (χ0n) is 7.71. The minimum absolute atomic E-state index is 0.00398. The summed E-state index contributed by atoms with van der Waals surface area (Å²) in [5.41, 5.74) is 1.95. The van der Waals surface area contributed by atoms with Gasteiger partial charge in [-0.1, -0.05) is 13.0 Å². The van der Waals surface area contributed by atoms with Gasteiger partial charge in [-0.3, -0.25) is 0 Å². The van der Waals surface area contributed by atoms with Crippen molar-refractivity contribution in [3.8, 4) is 5.75 Å². The van der Waals surface area contributed by atoms with Gasteiger partial charge in [-0.15, -0.1) is 0 Å². The van der Waals surface area contributed by atoms with Crippen LogP contribution in [0.1, 0.15) is 24.0 Å². The van der Waals surface area contributed by atoms with Crippen LogP contribution in [0.3, 0.4) is 0 Å². The first-order chi connectivity index (χ1) is 6.06. The fourth-order valence-corrected chi connectivity index (χ4v) is 1.64. The molecule has 0 aliphatic carbocycles. The summed E-state index contributed by atoms with van der Waals surface area (Å²) in [6, 6.07) is 3.66. The first kappa shape index (κ1) is 10.8. The van der Waals surface area contributed by atoms with Crippen molar-refractivity contribution in [2.45, 2.75) is 19.8 Å². The quantitative estimate of drug-likeness (QED) is 0.822. The fraction of sp³-hybridized carbons (Fsp3) is 0.400. The Balaban J connectivity index is 3.15. The molecule has 0 heterocycles. The highest BCUT2D eigenvalue weighted by atomic mass is 127. The molecule has 0 aliphatic heterocycles. The third kappa shape index (κ3) is 2.34. The average Bonchev–Trinajstić information content (AvgIpc) is 2.10. The predicted molar refractivity (Wildman–Crippen MR) is 61.1 cm³/mol. The van der Waals surface area contributed by atoms with Crippen LogP contribution in [0.5, 0.6) is 5.75 Å². The molecule has 1 unspecified atom stereocenters. The molecule has 0 bridgehead atoms. The number of aliphatic hydroxyl groups excluding tert-OH is 1. The fourth-order valence-electron chi connectivity index (χ4n) is 1.19. The van der Waals surface area contributed by atoms with Gasteiger partial charge in [0.25, 0.3) is 0 Å². The molecule has 0 aliphatic rings. The molecule has 0 aromatic heterocycles. The second kappa shape index (κ2) is 4.28. The monoisotopic (exact) mass is 292 g/mol. The van der Waals surface area contributed by atoms with Gasteiger partial charge in [0.2, 0.25) is 0 Å². The highest BCUT2D eigenvalue weighted by molar-refractivity contribution is 14.1. The second-order valence-corrected chi connectivity index (χ2v) is 4.41. The van der Waals surface area contributed by atoms with Gasteiger partial charge >= 0.3 is 0 Å². The van der Waals surface area contributed by atoms with Crippen LogP contribution >= 0.6 is 22.6 Å². The lowest BCUT2D eigenvalue weighted by atomic mass is 9.99. The van der Waals surface area contributed by atoms with Crippen LogP contribution in [0, 0.1) is 10.5 Å². The van der Waals surface area contributed by atoms with Crippen molar-refractivity contribution in [1.82, 2.24) is 0 Å². The maximum atomic E-state index is 9.60. The summed E-state index contributed by atoms with van der Waals surface area (Å²) in [5, 5.41) is 18.6. The Bertz CT molecular complexity index is 310. The summed E-state index contributed by atoms with van der Waals surface area (Å²) in [4.78, 5) is 0. The number of benzene rings is 1. The van der Waals surface area contributed by atoms with Gasteiger partial charge in [0.15, 0.2) is 0 Å². The molecule has 0 fully saturated rings. The lowest BCUT2D eigenvalue weighted by molar-refractivity contribution is 0.270.